The molecule has 0 rings (SSSR count). The molecular formula is C7H11N. The summed E-state index contributed by atoms with van der Waals surface area (Å²) in [4.78, 5) is 0. The molecular weight excluding hydrogens is 98.1 g/mol. The van der Waals surface area contributed by atoms with E-state index in [0.717, 1.165) is 5.57 Å². The van der Waals surface area contributed by atoms with Crippen molar-refractivity contribution in [3.05, 3.63) is 36.6 Å². The predicted octanol–water partition coefficient (Wildman–Crippen LogP) is 1.59. The predicted molar refractivity (Wildman–Crippen MR) is 37.3 cm³/mol. The van der Waals surface area contributed by atoms with E-state index in [-0.39, 0.29) is 0 Å². The Hall–Kier alpha value is -0.980. The Balaban J connectivity index is 3.67. The fourth-order valence-electron chi connectivity index (χ4n) is 0.249. The normalized spacial score (nSPS) is 9.62. The van der Waals surface area contributed by atoms with Gasteiger partial charge < -0.3 is 5.73 Å². The van der Waals surface area contributed by atoms with Crippen molar-refractivity contribution in [2.45, 2.75) is 6.92 Å². The maximum atomic E-state index is 5.22. The molecule has 0 aliphatic heterocycles. The van der Waals surface area contributed by atoms with Gasteiger partial charge in [-0.1, -0.05) is 24.8 Å². The molecule has 44 valence electrons. The Kier molecular flexibility index (Phi) is 2.70. The molecule has 1 heteroatoms. The van der Waals surface area contributed by atoms with Crippen molar-refractivity contribution in [1.29, 1.82) is 0 Å². The first-order valence-corrected chi connectivity index (χ1v) is 2.41. The van der Waals surface area contributed by atoms with Crippen molar-refractivity contribution >= 4 is 0 Å². The average molecular weight is 109 g/mol. The summed E-state index contributed by atoms with van der Waals surface area (Å²) in [5, 5.41) is 0. The fraction of sp³-hybridized carbons (Fsp3) is 0.143. The first-order valence-electron chi connectivity index (χ1n) is 2.41. The molecule has 0 saturated heterocycles. The van der Waals surface area contributed by atoms with Crippen LogP contribution >= 0.6 is 0 Å². The highest BCUT2D eigenvalue weighted by Crippen LogP contribution is 1.90. The van der Waals surface area contributed by atoms with E-state index in [4.69, 9.17) is 5.73 Å². The quantitative estimate of drug-likeness (QED) is 0.535. The SMILES string of the molecule is C=C(C)C=CC(=C)N. The highest BCUT2D eigenvalue weighted by atomic mass is 14.5. The van der Waals surface area contributed by atoms with Gasteiger partial charge in [-0.2, -0.15) is 0 Å². The number of rotatable bonds is 2. The van der Waals surface area contributed by atoms with E-state index >= 15 is 0 Å². The Morgan fingerprint density at radius 2 is 1.88 bits per heavy atom. The molecule has 0 radical (unpaired) electrons. The van der Waals surface area contributed by atoms with Crippen LogP contribution in [0.15, 0.2) is 36.6 Å². The van der Waals surface area contributed by atoms with Gasteiger partial charge in [0.25, 0.3) is 0 Å². The van der Waals surface area contributed by atoms with Crippen molar-refractivity contribution in [1.82, 2.24) is 0 Å². The third-order valence-electron chi connectivity index (χ3n) is 0.582. The molecule has 0 fully saturated rings. The molecule has 0 aromatic heterocycles. The molecule has 0 saturated carbocycles. The molecule has 0 aliphatic carbocycles. The third kappa shape index (κ3) is 5.02. The van der Waals surface area contributed by atoms with Crippen LogP contribution in [0.5, 0.6) is 0 Å². The molecule has 0 unspecified atom stereocenters. The van der Waals surface area contributed by atoms with E-state index in [1.165, 1.54) is 0 Å². The summed E-state index contributed by atoms with van der Waals surface area (Å²) in [6.07, 6.45) is 3.55. The van der Waals surface area contributed by atoms with Crippen molar-refractivity contribution in [3.8, 4) is 0 Å². The minimum absolute atomic E-state index is 0.563. The number of nitrogens with two attached hydrogens (primary N) is 1. The lowest BCUT2D eigenvalue weighted by atomic mass is 10.3. The Morgan fingerprint density at radius 1 is 1.38 bits per heavy atom. The van der Waals surface area contributed by atoms with Crippen LogP contribution in [-0.4, -0.2) is 0 Å². The maximum absolute atomic E-state index is 5.22. The van der Waals surface area contributed by atoms with E-state index < -0.39 is 0 Å². The van der Waals surface area contributed by atoms with Crippen LogP contribution in [0.3, 0.4) is 0 Å². The van der Waals surface area contributed by atoms with Crippen LogP contribution in [0.2, 0.25) is 0 Å². The van der Waals surface area contributed by atoms with Crippen LogP contribution in [0.4, 0.5) is 0 Å². The van der Waals surface area contributed by atoms with Gasteiger partial charge in [0.1, 0.15) is 0 Å². The molecule has 0 bridgehead atoms. The molecule has 0 aromatic carbocycles. The van der Waals surface area contributed by atoms with Crippen molar-refractivity contribution in [2.75, 3.05) is 0 Å². The minimum atomic E-state index is 0.563. The highest BCUT2D eigenvalue weighted by molar-refractivity contribution is 5.20. The summed E-state index contributed by atoms with van der Waals surface area (Å²) in [7, 11) is 0. The van der Waals surface area contributed by atoms with Gasteiger partial charge in [0.15, 0.2) is 0 Å². The van der Waals surface area contributed by atoms with Crippen LogP contribution in [0.25, 0.3) is 0 Å². The zero-order chi connectivity index (χ0) is 6.57. The lowest BCUT2D eigenvalue weighted by Gasteiger charge is -1.84. The van der Waals surface area contributed by atoms with E-state index in [9.17, 15) is 0 Å². The van der Waals surface area contributed by atoms with Gasteiger partial charge in [-0.25, -0.2) is 0 Å². The summed E-state index contributed by atoms with van der Waals surface area (Å²) >= 11 is 0. The second-order valence-electron chi connectivity index (χ2n) is 1.75. The van der Waals surface area contributed by atoms with E-state index in [1.807, 2.05) is 13.0 Å². The van der Waals surface area contributed by atoms with Crippen LogP contribution in [0, 0.1) is 0 Å². The molecule has 0 spiro atoms. The lowest BCUT2D eigenvalue weighted by Crippen LogP contribution is -1.87. The zero-order valence-electron chi connectivity index (χ0n) is 5.15. The number of allylic oxidation sites excluding steroid dienone is 3. The summed E-state index contributed by atoms with van der Waals surface area (Å²) < 4.78 is 0. The smallest absolute Gasteiger partial charge is 0.0241 e. The first kappa shape index (κ1) is 7.02. The zero-order valence-corrected chi connectivity index (χ0v) is 5.15. The first-order chi connectivity index (χ1) is 3.63. The van der Waals surface area contributed by atoms with Crippen molar-refractivity contribution in [2.24, 2.45) is 5.73 Å². The van der Waals surface area contributed by atoms with Gasteiger partial charge in [0.05, 0.1) is 0 Å². The topological polar surface area (TPSA) is 26.0 Å². The summed E-state index contributed by atoms with van der Waals surface area (Å²) in [5.41, 5.74) is 6.76. The second-order valence-corrected chi connectivity index (χ2v) is 1.75. The minimum Gasteiger partial charge on any atom is -0.399 e. The average Bonchev–Trinajstić information content (AvgIpc) is 1.61. The monoisotopic (exact) mass is 109 g/mol. The molecule has 0 aliphatic rings. The van der Waals surface area contributed by atoms with Gasteiger partial charge in [-0.05, 0) is 13.0 Å². The van der Waals surface area contributed by atoms with E-state index in [1.54, 1.807) is 6.08 Å². The molecule has 0 amide bonds. The lowest BCUT2D eigenvalue weighted by molar-refractivity contribution is 1.43. The van der Waals surface area contributed by atoms with E-state index in [0.29, 0.717) is 5.70 Å². The van der Waals surface area contributed by atoms with Gasteiger partial charge in [0, 0.05) is 5.70 Å². The maximum Gasteiger partial charge on any atom is 0.0241 e. The Bertz CT molecular complexity index is 115. The van der Waals surface area contributed by atoms with E-state index in [2.05, 4.69) is 13.2 Å². The van der Waals surface area contributed by atoms with Crippen LogP contribution in [0.1, 0.15) is 6.92 Å². The largest absolute Gasteiger partial charge is 0.399 e. The van der Waals surface area contributed by atoms with Gasteiger partial charge in [-0.15, -0.1) is 0 Å². The molecule has 0 aromatic rings. The second kappa shape index (κ2) is 3.08. The summed E-state index contributed by atoms with van der Waals surface area (Å²) in [6.45, 7) is 9.02. The number of hydrogen-bond donors (Lipinski definition) is 1. The Labute approximate surface area is 50.2 Å². The Morgan fingerprint density at radius 3 is 2.00 bits per heavy atom. The van der Waals surface area contributed by atoms with Gasteiger partial charge in [-0.3, -0.25) is 0 Å². The van der Waals surface area contributed by atoms with Crippen LogP contribution < -0.4 is 5.73 Å². The third-order valence-corrected chi connectivity index (χ3v) is 0.582. The highest BCUT2D eigenvalue weighted by Gasteiger charge is 1.72. The summed E-state index contributed by atoms with van der Waals surface area (Å²) in [5.74, 6) is 0. The summed E-state index contributed by atoms with van der Waals surface area (Å²) in [6, 6.07) is 0. The number of hydrogen-bond acceptors (Lipinski definition) is 1. The standard InChI is InChI=1S/C7H11N/c1-6(2)4-5-7(3)8/h4-5H,1,3,8H2,2H3. The van der Waals surface area contributed by atoms with Crippen molar-refractivity contribution < 1.29 is 0 Å². The molecule has 8 heavy (non-hydrogen) atoms. The molecule has 1 nitrogen and oxygen atoms in total. The molecule has 0 atom stereocenters. The van der Waals surface area contributed by atoms with Crippen molar-refractivity contribution in [3.63, 3.8) is 0 Å². The molecule has 2 N–H and O–H groups in total. The van der Waals surface area contributed by atoms with Crippen LogP contribution in [-0.2, 0) is 0 Å². The molecule has 0 heterocycles. The van der Waals surface area contributed by atoms with Gasteiger partial charge >= 0.3 is 0 Å². The fourth-order valence-corrected chi connectivity index (χ4v) is 0.249. The van der Waals surface area contributed by atoms with Gasteiger partial charge in [0.2, 0.25) is 0 Å².